The monoisotopic (exact) mass is 514 g/mol. The van der Waals surface area contributed by atoms with Gasteiger partial charge in [0.1, 0.15) is 5.75 Å². The van der Waals surface area contributed by atoms with Crippen molar-refractivity contribution in [2.24, 2.45) is 0 Å². The fourth-order valence-electron chi connectivity index (χ4n) is 4.22. The zero-order valence-corrected chi connectivity index (χ0v) is 22.1. The van der Waals surface area contributed by atoms with E-state index >= 15 is 0 Å². The highest BCUT2D eigenvalue weighted by Crippen LogP contribution is 2.29. The second-order valence-corrected chi connectivity index (χ2v) is 9.98. The van der Waals surface area contributed by atoms with E-state index in [9.17, 15) is 4.79 Å². The highest BCUT2D eigenvalue weighted by molar-refractivity contribution is 7.15. The van der Waals surface area contributed by atoms with Crippen molar-refractivity contribution in [2.75, 3.05) is 20.3 Å². The average Bonchev–Trinajstić information content (AvgIpc) is 3.44. The molecule has 7 heteroatoms. The summed E-state index contributed by atoms with van der Waals surface area (Å²) in [5.41, 5.74) is 3.78. The third-order valence-electron chi connectivity index (χ3n) is 6.51. The molecule has 0 fully saturated rings. The molecule has 2 aromatic heterocycles. The normalized spacial score (nSPS) is 12.8. The Balaban J connectivity index is 1.22. The van der Waals surface area contributed by atoms with Gasteiger partial charge in [-0.2, -0.15) is 0 Å². The van der Waals surface area contributed by atoms with Crippen LogP contribution in [0.4, 0.5) is 0 Å². The van der Waals surface area contributed by atoms with E-state index in [0.29, 0.717) is 40.1 Å². The van der Waals surface area contributed by atoms with E-state index < -0.39 is 0 Å². The molecule has 3 aromatic carbocycles. The molecular formula is C30H30N2O4S. The van der Waals surface area contributed by atoms with Crippen LogP contribution in [0.2, 0.25) is 0 Å². The van der Waals surface area contributed by atoms with E-state index in [4.69, 9.17) is 14.2 Å². The summed E-state index contributed by atoms with van der Waals surface area (Å²) in [6.45, 7) is 5.50. The zero-order valence-electron chi connectivity index (χ0n) is 21.3. The maximum Gasteiger partial charge on any atom is 0.274 e. The number of hydrogen-bond acceptors (Lipinski definition) is 6. The first-order chi connectivity index (χ1) is 18.1. The topological polar surface area (TPSA) is 62.1 Å². The van der Waals surface area contributed by atoms with Crippen molar-refractivity contribution in [1.82, 2.24) is 9.38 Å². The first-order valence-electron chi connectivity index (χ1n) is 12.5. The van der Waals surface area contributed by atoms with Crippen LogP contribution in [0.25, 0.3) is 22.1 Å². The predicted molar refractivity (Wildman–Crippen MR) is 149 cm³/mol. The van der Waals surface area contributed by atoms with Crippen molar-refractivity contribution in [3.05, 3.63) is 92.7 Å². The molecule has 0 spiro atoms. The van der Waals surface area contributed by atoms with Crippen molar-refractivity contribution in [3.63, 3.8) is 0 Å². The van der Waals surface area contributed by atoms with Crippen molar-refractivity contribution in [2.45, 2.75) is 32.6 Å². The summed E-state index contributed by atoms with van der Waals surface area (Å²) in [5, 5.41) is 0. The van der Waals surface area contributed by atoms with Crippen LogP contribution in [0.5, 0.6) is 17.2 Å². The summed E-state index contributed by atoms with van der Waals surface area (Å²) in [6, 6.07) is 21.7. The van der Waals surface area contributed by atoms with Crippen LogP contribution >= 0.6 is 11.3 Å². The number of nitrogens with zero attached hydrogens (tertiary/aromatic N) is 2. The molecule has 0 aliphatic carbocycles. The van der Waals surface area contributed by atoms with Gasteiger partial charge in [-0.25, -0.2) is 9.38 Å². The molecule has 190 valence electrons. The summed E-state index contributed by atoms with van der Waals surface area (Å²) in [5.74, 6) is 2.71. The quantitative estimate of drug-likeness (QED) is 0.220. The van der Waals surface area contributed by atoms with E-state index in [2.05, 4.69) is 31.0 Å². The van der Waals surface area contributed by atoms with Crippen LogP contribution < -0.4 is 24.3 Å². The van der Waals surface area contributed by atoms with Gasteiger partial charge in [0, 0.05) is 6.42 Å². The molecule has 0 bridgehead atoms. The van der Waals surface area contributed by atoms with Crippen molar-refractivity contribution >= 4 is 33.4 Å². The third-order valence-corrected chi connectivity index (χ3v) is 7.48. The van der Waals surface area contributed by atoms with Gasteiger partial charge in [0.05, 0.1) is 35.9 Å². The van der Waals surface area contributed by atoms with Crippen molar-refractivity contribution in [3.8, 4) is 17.2 Å². The lowest BCUT2D eigenvalue weighted by Gasteiger charge is -2.12. The minimum absolute atomic E-state index is 0.0671. The Morgan fingerprint density at radius 3 is 2.57 bits per heavy atom. The number of methoxy groups -OCH3 is 1. The number of ether oxygens (including phenoxy) is 3. The Labute approximate surface area is 219 Å². The van der Waals surface area contributed by atoms with E-state index in [1.54, 1.807) is 11.5 Å². The number of hydrogen-bond donors (Lipinski definition) is 0. The minimum atomic E-state index is -0.0671. The predicted octanol–water partition coefficient (Wildman–Crippen LogP) is 5.83. The van der Waals surface area contributed by atoms with Gasteiger partial charge in [0.2, 0.25) is 0 Å². The van der Waals surface area contributed by atoms with Crippen LogP contribution in [-0.4, -0.2) is 29.7 Å². The molecule has 0 radical (unpaired) electrons. The molecule has 0 amide bonds. The van der Waals surface area contributed by atoms with Gasteiger partial charge >= 0.3 is 0 Å². The summed E-state index contributed by atoms with van der Waals surface area (Å²) in [4.78, 5) is 18.3. The van der Waals surface area contributed by atoms with Gasteiger partial charge < -0.3 is 14.2 Å². The lowest BCUT2D eigenvalue weighted by Crippen LogP contribution is -2.22. The van der Waals surface area contributed by atoms with Gasteiger partial charge in [-0.15, -0.1) is 0 Å². The summed E-state index contributed by atoms with van der Waals surface area (Å²) in [6.07, 6.45) is 3.73. The highest BCUT2D eigenvalue weighted by Gasteiger charge is 2.11. The second-order valence-electron chi connectivity index (χ2n) is 8.97. The fourth-order valence-corrected chi connectivity index (χ4v) is 5.20. The van der Waals surface area contributed by atoms with Crippen molar-refractivity contribution < 1.29 is 14.2 Å². The largest absolute Gasteiger partial charge is 0.493 e. The van der Waals surface area contributed by atoms with E-state index in [0.717, 1.165) is 35.2 Å². The van der Waals surface area contributed by atoms with E-state index in [1.807, 2.05) is 60.7 Å². The molecule has 0 aliphatic heterocycles. The van der Waals surface area contributed by atoms with E-state index in [1.165, 1.54) is 16.9 Å². The molecule has 0 N–H and O–H groups in total. The molecule has 37 heavy (non-hydrogen) atoms. The summed E-state index contributed by atoms with van der Waals surface area (Å²) >= 11 is 1.38. The van der Waals surface area contributed by atoms with Gasteiger partial charge in [-0.1, -0.05) is 55.5 Å². The van der Waals surface area contributed by atoms with Crippen LogP contribution in [-0.2, 0) is 0 Å². The molecule has 5 aromatic rings. The van der Waals surface area contributed by atoms with Gasteiger partial charge in [0.25, 0.3) is 5.56 Å². The molecular weight excluding hydrogens is 484 g/mol. The maximum atomic E-state index is 13.0. The molecule has 1 atom stereocenters. The molecule has 0 saturated carbocycles. The Hall–Kier alpha value is -3.84. The fraction of sp³-hybridized carbons (Fsp3) is 0.267. The van der Waals surface area contributed by atoms with Gasteiger partial charge in [-0.3, -0.25) is 4.79 Å². The van der Waals surface area contributed by atoms with Gasteiger partial charge in [0.15, 0.2) is 16.5 Å². The summed E-state index contributed by atoms with van der Waals surface area (Å²) < 4.78 is 19.7. The molecule has 0 saturated heterocycles. The van der Waals surface area contributed by atoms with Crippen LogP contribution in [0, 0.1) is 0 Å². The maximum absolute atomic E-state index is 13.0. The number of para-hydroxylation sites is 2. The summed E-state index contributed by atoms with van der Waals surface area (Å²) in [7, 11) is 1.61. The van der Waals surface area contributed by atoms with Crippen LogP contribution in [0.3, 0.4) is 0 Å². The zero-order chi connectivity index (χ0) is 25.8. The standard InChI is InChI=1S/C30H30N2O4S/c1-4-20(2)22-11-13-23(14-12-22)35-16-7-17-36-26-15-10-21(18-27(26)34-3)19-28-29(33)32-25-9-6-5-8-24(25)31-30(32)37-28/h5-6,8-15,18-20H,4,7,16-17H2,1-3H3/b28-19-. The number of thiazole rings is 1. The number of imidazole rings is 1. The number of rotatable bonds is 10. The van der Waals surface area contributed by atoms with Crippen molar-refractivity contribution in [1.29, 1.82) is 0 Å². The molecule has 1 unspecified atom stereocenters. The SMILES string of the molecule is CCC(C)c1ccc(OCCCOc2ccc(/C=c3\sc4nc5ccccc5n4c3=O)cc2OC)cc1. The average molecular weight is 515 g/mol. The number of fused-ring (bicyclic) bond motifs is 3. The Kier molecular flexibility index (Phi) is 7.42. The first-order valence-corrected chi connectivity index (χ1v) is 13.3. The van der Waals surface area contributed by atoms with Gasteiger partial charge in [-0.05, 0) is 65.9 Å². The molecule has 6 nitrogen and oxygen atoms in total. The first kappa shape index (κ1) is 24.8. The van der Waals surface area contributed by atoms with Crippen LogP contribution in [0.15, 0.2) is 71.5 Å². The Bertz CT molecular complexity index is 1620. The molecule has 0 aliphatic rings. The Morgan fingerprint density at radius 2 is 1.78 bits per heavy atom. The third kappa shape index (κ3) is 5.32. The second kappa shape index (κ2) is 11.0. The lowest BCUT2D eigenvalue weighted by molar-refractivity contribution is 0.240. The Morgan fingerprint density at radius 1 is 1.00 bits per heavy atom. The minimum Gasteiger partial charge on any atom is -0.493 e. The number of aromatic nitrogens is 2. The number of benzene rings is 3. The molecule has 2 heterocycles. The van der Waals surface area contributed by atoms with Crippen LogP contribution in [0.1, 0.15) is 43.7 Å². The lowest BCUT2D eigenvalue weighted by atomic mass is 9.99. The smallest absolute Gasteiger partial charge is 0.274 e. The molecule has 5 rings (SSSR count). The highest BCUT2D eigenvalue weighted by atomic mass is 32.1. The van der Waals surface area contributed by atoms with E-state index in [-0.39, 0.29) is 5.56 Å².